The van der Waals surface area contributed by atoms with Crippen LogP contribution in [0.3, 0.4) is 0 Å². The molecule has 5 nitrogen and oxygen atoms in total. The van der Waals surface area contributed by atoms with Gasteiger partial charge in [0.15, 0.2) is 0 Å². The van der Waals surface area contributed by atoms with Crippen molar-refractivity contribution in [3.8, 4) is 0 Å². The molecule has 1 saturated heterocycles. The number of benzene rings is 1. The van der Waals surface area contributed by atoms with Crippen LogP contribution in [0.15, 0.2) is 30.3 Å². The molecule has 3 rings (SSSR count). The summed E-state index contributed by atoms with van der Waals surface area (Å²) in [5, 5.41) is 2.99. The van der Waals surface area contributed by atoms with E-state index in [0.29, 0.717) is 0 Å². The van der Waals surface area contributed by atoms with Crippen molar-refractivity contribution in [2.24, 2.45) is 5.92 Å². The van der Waals surface area contributed by atoms with Gasteiger partial charge >= 0.3 is 12.0 Å². The Balaban J connectivity index is 1.94. The highest BCUT2D eigenvalue weighted by Crippen LogP contribution is 2.38. The average molecular weight is 288 g/mol. The number of urea groups is 1. The Morgan fingerprint density at radius 2 is 1.95 bits per heavy atom. The molecular weight excluding hydrogens is 268 g/mol. The number of hydrogen-bond donors (Lipinski definition) is 1. The van der Waals surface area contributed by atoms with E-state index >= 15 is 0 Å². The van der Waals surface area contributed by atoms with Gasteiger partial charge in [0.2, 0.25) is 0 Å². The third-order valence-corrected chi connectivity index (χ3v) is 4.40. The van der Waals surface area contributed by atoms with Crippen molar-refractivity contribution in [2.75, 3.05) is 7.11 Å². The van der Waals surface area contributed by atoms with E-state index in [9.17, 15) is 9.59 Å². The molecule has 1 aliphatic carbocycles. The van der Waals surface area contributed by atoms with Crippen LogP contribution in [0.5, 0.6) is 0 Å². The number of carbonyl (C=O) groups excluding carboxylic acids is 2. The first-order valence-electron chi connectivity index (χ1n) is 7.35. The summed E-state index contributed by atoms with van der Waals surface area (Å²) in [5.41, 5.74) is 0.934. The molecule has 1 aliphatic heterocycles. The monoisotopic (exact) mass is 288 g/mol. The normalized spacial score (nSPS) is 29.0. The van der Waals surface area contributed by atoms with E-state index in [1.165, 1.54) is 7.11 Å². The summed E-state index contributed by atoms with van der Waals surface area (Å²) < 4.78 is 4.98. The molecule has 21 heavy (non-hydrogen) atoms. The largest absolute Gasteiger partial charge is 0.469 e. The van der Waals surface area contributed by atoms with Crippen LogP contribution in [0.25, 0.3) is 0 Å². The van der Waals surface area contributed by atoms with Gasteiger partial charge in [-0.3, -0.25) is 4.79 Å². The van der Waals surface area contributed by atoms with E-state index in [4.69, 9.17) is 4.74 Å². The molecule has 1 saturated carbocycles. The maximum atomic E-state index is 12.4. The Morgan fingerprint density at radius 3 is 2.52 bits per heavy atom. The quantitative estimate of drug-likeness (QED) is 0.866. The van der Waals surface area contributed by atoms with Crippen LogP contribution in [-0.4, -0.2) is 36.1 Å². The first-order valence-corrected chi connectivity index (χ1v) is 7.35. The van der Waals surface area contributed by atoms with Crippen LogP contribution in [0, 0.1) is 5.92 Å². The molecule has 5 heteroatoms. The number of methoxy groups -OCH3 is 1. The van der Waals surface area contributed by atoms with Crippen molar-refractivity contribution < 1.29 is 14.3 Å². The Kier molecular flexibility index (Phi) is 3.57. The molecule has 2 aliphatic rings. The minimum atomic E-state index is -0.393. The minimum absolute atomic E-state index is 0.0843. The fourth-order valence-electron chi connectivity index (χ4n) is 3.21. The number of carbonyl (C=O) groups is 2. The van der Waals surface area contributed by atoms with E-state index in [1.807, 2.05) is 37.3 Å². The third-order valence-electron chi connectivity index (χ3n) is 4.40. The van der Waals surface area contributed by atoms with E-state index in [1.54, 1.807) is 4.90 Å². The van der Waals surface area contributed by atoms with Gasteiger partial charge in [-0.05, 0) is 25.3 Å². The van der Waals surface area contributed by atoms with Gasteiger partial charge < -0.3 is 15.0 Å². The van der Waals surface area contributed by atoms with E-state index in [2.05, 4.69) is 5.32 Å². The van der Waals surface area contributed by atoms with E-state index in [0.717, 1.165) is 18.4 Å². The highest BCUT2D eigenvalue weighted by Gasteiger charge is 2.49. The summed E-state index contributed by atoms with van der Waals surface area (Å²) in [5.74, 6) is -0.669. The zero-order valence-electron chi connectivity index (χ0n) is 12.3. The van der Waals surface area contributed by atoms with Gasteiger partial charge in [-0.15, -0.1) is 0 Å². The molecule has 1 aromatic carbocycles. The predicted molar refractivity (Wildman–Crippen MR) is 77.5 cm³/mol. The lowest BCUT2D eigenvalue weighted by molar-refractivity contribution is -0.149. The topological polar surface area (TPSA) is 58.6 Å². The van der Waals surface area contributed by atoms with Gasteiger partial charge in [-0.25, -0.2) is 4.79 Å². The molecule has 2 fully saturated rings. The number of ether oxygens (including phenoxy) is 1. The summed E-state index contributed by atoms with van der Waals surface area (Å²) in [6, 6.07) is 9.28. The zero-order valence-corrected chi connectivity index (χ0v) is 12.3. The van der Waals surface area contributed by atoms with Crippen LogP contribution >= 0.6 is 0 Å². The van der Waals surface area contributed by atoms with Crippen molar-refractivity contribution in [1.82, 2.24) is 10.2 Å². The Bertz CT molecular complexity index is 542. The predicted octanol–water partition coefficient (Wildman–Crippen LogP) is 2.09. The van der Waals surface area contributed by atoms with E-state index in [-0.39, 0.29) is 30.1 Å². The third kappa shape index (κ3) is 2.48. The maximum absolute atomic E-state index is 12.4. The second-order valence-electron chi connectivity index (χ2n) is 5.77. The molecule has 1 heterocycles. The molecule has 1 N–H and O–H groups in total. The SMILES string of the molecule is COC(=O)[C@H]1[C@H](c2ccccc2)NC(=O)N(C2CC2)[C@H]1C. The molecule has 0 unspecified atom stereocenters. The zero-order chi connectivity index (χ0) is 15.0. The fourth-order valence-corrected chi connectivity index (χ4v) is 3.21. The van der Waals surface area contributed by atoms with Crippen molar-refractivity contribution in [3.05, 3.63) is 35.9 Å². The smallest absolute Gasteiger partial charge is 0.318 e. The lowest BCUT2D eigenvalue weighted by Crippen LogP contribution is -2.60. The first kappa shape index (κ1) is 13.9. The van der Waals surface area contributed by atoms with Crippen LogP contribution < -0.4 is 5.32 Å². The fraction of sp³-hybridized carbons (Fsp3) is 0.500. The number of amides is 2. The van der Waals surface area contributed by atoms with Gasteiger partial charge in [0.1, 0.15) is 5.92 Å². The lowest BCUT2D eigenvalue weighted by Gasteiger charge is -2.43. The number of hydrogen-bond acceptors (Lipinski definition) is 3. The molecule has 3 atom stereocenters. The standard InChI is InChI=1S/C16H20N2O3/c1-10-13(15(19)21-2)14(11-6-4-3-5-7-11)17-16(20)18(10)12-8-9-12/h3-7,10,12-14H,8-9H2,1-2H3,(H,17,20)/t10-,13+,14-/m0/s1. The molecule has 0 aromatic heterocycles. The summed E-state index contributed by atoms with van der Waals surface area (Å²) in [6.07, 6.45) is 2.03. The number of nitrogens with zero attached hydrogens (tertiary/aromatic N) is 1. The van der Waals surface area contributed by atoms with Gasteiger partial charge in [0.05, 0.1) is 13.2 Å². The van der Waals surface area contributed by atoms with Crippen LogP contribution in [0.4, 0.5) is 4.79 Å². The molecule has 0 bridgehead atoms. The van der Waals surface area contributed by atoms with Gasteiger partial charge in [0, 0.05) is 12.1 Å². The second kappa shape index (κ2) is 5.39. The number of rotatable bonds is 3. The molecular formula is C16H20N2O3. The van der Waals surface area contributed by atoms with Crippen molar-refractivity contribution in [3.63, 3.8) is 0 Å². The highest BCUT2D eigenvalue weighted by atomic mass is 16.5. The Hall–Kier alpha value is -2.04. The first-order chi connectivity index (χ1) is 10.1. The van der Waals surface area contributed by atoms with Gasteiger partial charge in [0.25, 0.3) is 0 Å². The number of nitrogens with one attached hydrogen (secondary N) is 1. The summed E-state index contributed by atoms with van der Waals surface area (Å²) in [6.45, 7) is 1.94. The van der Waals surface area contributed by atoms with Gasteiger partial charge in [-0.1, -0.05) is 30.3 Å². The average Bonchev–Trinajstić information content (AvgIpc) is 3.31. The van der Waals surface area contributed by atoms with E-state index < -0.39 is 5.92 Å². The molecule has 0 spiro atoms. The van der Waals surface area contributed by atoms with Crippen LogP contribution in [-0.2, 0) is 9.53 Å². The van der Waals surface area contributed by atoms with Crippen LogP contribution in [0.2, 0.25) is 0 Å². The second-order valence-corrected chi connectivity index (χ2v) is 5.77. The minimum Gasteiger partial charge on any atom is -0.469 e. The summed E-state index contributed by atoms with van der Waals surface area (Å²) in [7, 11) is 1.40. The van der Waals surface area contributed by atoms with Crippen molar-refractivity contribution in [2.45, 2.75) is 37.9 Å². The maximum Gasteiger partial charge on any atom is 0.318 e. The lowest BCUT2D eigenvalue weighted by atomic mass is 9.85. The molecule has 0 radical (unpaired) electrons. The Morgan fingerprint density at radius 1 is 1.29 bits per heavy atom. The Labute approximate surface area is 124 Å². The highest BCUT2D eigenvalue weighted by molar-refractivity contribution is 5.82. The molecule has 1 aromatic rings. The van der Waals surface area contributed by atoms with Crippen molar-refractivity contribution >= 4 is 12.0 Å². The van der Waals surface area contributed by atoms with Crippen LogP contribution in [0.1, 0.15) is 31.4 Å². The molecule has 2 amide bonds. The summed E-state index contributed by atoms with van der Waals surface area (Å²) >= 11 is 0. The summed E-state index contributed by atoms with van der Waals surface area (Å²) in [4.78, 5) is 26.5. The number of esters is 1. The van der Waals surface area contributed by atoms with Crippen molar-refractivity contribution in [1.29, 1.82) is 0 Å². The van der Waals surface area contributed by atoms with Gasteiger partial charge in [-0.2, -0.15) is 0 Å². The molecule has 112 valence electrons.